The molecule has 12 heteroatoms. The van der Waals surface area contributed by atoms with E-state index in [9.17, 15) is 0 Å². The van der Waals surface area contributed by atoms with Gasteiger partial charge in [-0.05, 0) is 64.6 Å². The van der Waals surface area contributed by atoms with Gasteiger partial charge in [-0.1, -0.05) is 0 Å². The number of nitrogens with zero attached hydrogens (tertiary/aromatic N) is 8. The minimum Gasteiger partial charge on any atom is -0.339 e. The molecule has 0 spiro atoms. The van der Waals surface area contributed by atoms with Crippen molar-refractivity contribution >= 4 is 11.7 Å². The van der Waals surface area contributed by atoms with Crippen LogP contribution in [0, 0.1) is 0 Å². The van der Waals surface area contributed by atoms with Gasteiger partial charge in [0.15, 0.2) is 0 Å². The van der Waals surface area contributed by atoms with Crippen molar-refractivity contribution in [3.05, 3.63) is 48.0 Å². The van der Waals surface area contributed by atoms with Gasteiger partial charge in [0.05, 0.1) is 37.3 Å². The molecule has 2 aromatic heterocycles. The van der Waals surface area contributed by atoms with Crippen molar-refractivity contribution < 1.29 is 9.98 Å². The molecule has 0 unspecified atom stereocenters. The Labute approximate surface area is 176 Å². The van der Waals surface area contributed by atoms with Crippen molar-refractivity contribution in [1.29, 1.82) is 0 Å². The summed E-state index contributed by atoms with van der Waals surface area (Å²) in [4.78, 5) is 6.73. The smallest absolute Gasteiger partial charge is 0.274 e. The third-order valence-corrected chi connectivity index (χ3v) is 3.37. The van der Waals surface area contributed by atoms with Gasteiger partial charge in [-0.25, -0.2) is 0 Å². The number of aromatic nitrogens is 8. The van der Waals surface area contributed by atoms with E-state index in [-0.39, 0.29) is 0 Å². The normalized spacial score (nSPS) is 10.9. The van der Waals surface area contributed by atoms with Gasteiger partial charge in [-0.2, -0.15) is 10.4 Å². The van der Waals surface area contributed by atoms with E-state index in [4.69, 9.17) is 0 Å². The molecule has 1 aromatic carbocycles. The summed E-state index contributed by atoms with van der Waals surface area (Å²) in [6.45, 7) is 12.1. The highest BCUT2D eigenvalue weighted by atomic mass is 15.5. The van der Waals surface area contributed by atoms with Crippen molar-refractivity contribution in [1.82, 2.24) is 51.9 Å². The molecule has 2 heterocycles. The number of amidine groups is 2. The van der Waals surface area contributed by atoms with Crippen LogP contribution in [-0.2, 0) is 0 Å². The van der Waals surface area contributed by atoms with Crippen LogP contribution >= 0.6 is 0 Å². The molecule has 0 saturated heterocycles. The van der Waals surface area contributed by atoms with Crippen LogP contribution in [-0.4, -0.2) is 68.9 Å². The Morgan fingerprint density at radius 3 is 1.33 bits per heavy atom. The third kappa shape index (κ3) is 10.0. The van der Waals surface area contributed by atoms with Crippen LogP contribution in [0.1, 0.15) is 38.8 Å². The van der Waals surface area contributed by atoms with Crippen molar-refractivity contribution in [3.8, 4) is 0 Å². The van der Waals surface area contributed by atoms with Crippen molar-refractivity contribution in [2.45, 2.75) is 27.7 Å². The lowest BCUT2D eigenvalue weighted by molar-refractivity contribution is -0.454. The first-order chi connectivity index (χ1) is 14.8. The Hall–Kier alpha value is -3.70. The fraction of sp³-hybridized carbons (Fsp3) is 0.444. The van der Waals surface area contributed by atoms with E-state index in [0.717, 1.165) is 37.9 Å². The van der Waals surface area contributed by atoms with Gasteiger partial charge in [0, 0.05) is 0 Å². The van der Waals surface area contributed by atoms with Gasteiger partial charge in [0.2, 0.25) is 0 Å². The number of tetrazole rings is 2. The molecule has 0 fully saturated rings. The highest BCUT2D eigenvalue weighted by molar-refractivity contribution is 5.97. The minimum atomic E-state index is 0.913. The van der Waals surface area contributed by atoms with Crippen molar-refractivity contribution in [3.63, 3.8) is 0 Å². The summed E-state index contributed by atoms with van der Waals surface area (Å²) in [5.74, 6) is 2.19. The average Bonchev–Trinajstić information content (AvgIpc) is 3.53. The number of hydrogen-bond acceptors (Lipinski definition) is 6. The molecule has 0 atom stereocenters. The molecule has 4 N–H and O–H groups in total. The lowest BCUT2D eigenvalue weighted by atomic mass is 10.1. The molecule has 0 aliphatic carbocycles. The van der Waals surface area contributed by atoms with Gasteiger partial charge in [-0.15, -0.1) is 0 Å². The summed E-state index contributed by atoms with van der Waals surface area (Å²) < 4.78 is 0. The summed E-state index contributed by atoms with van der Waals surface area (Å²) >= 11 is 0. The number of hydrogen-bond donors (Lipinski definition) is 4. The molecule has 0 saturated carbocycles. The summed E-state index contributed by atoms with van der Waals surface area (Å²) in [7, 11) is 0. The van der Waals surface area contributed by atoms with E-state index >= 15 is 0 Å². The molecule has 30 heavy (non-hydrogen) atoms. The zero-order valence-electron chi connectivity index (χ0n) is 17.9. The Kier molecular flexibility index (Phi) is 13.2. The minimum absolute atomic E-state index is 0.913. The van der Waals surface area contributed by atoms with Gasteiger partial charge in [-0.3, -0.25) is 41.2 Å². The molecular formula is C18H30N12. The SMILES string of the molecule is CCNC(=[NH+]CC)c1ccc(C(NCC)=[NH+]CC)cc1.c1nnn[n-]1.c1nnn[n-]1. The maximum atomic E-state index is 3.37. The van der Waals surface area contributed by atoms with E-state index < -0.39 is 0 Å². The standard InChI is InChI=1S/C16H26N4.2CHN4/c1-5-17-15(18-6-2)13-9-11-14(12-10-13)16(19-7-3)20-8-4;2*1-2-4-5-3-1/h9-12H,5-8H2,1-4H3,(H,17,18)(H,19,20);2*1H/q;2*-1/p+2. The van der Waals surface area contributed by atoms with E-state index in [0.29, 0.717) is 0 Å². The molecule has 162 valence electrons. The second-order valence-corrected chi connectivity index (χ2v) is 5.50. The number of benzene rings is 1. The first-order valence-corrected chi connectivity index (χ1v) is 9.80. The second-order valence-electron chi connectivity index (χ2n) is 5.50. The Morgan fingerprint density at radius 2 is 1.13 bits per heavy atom. The monoisotopic (exact) mass is 414 g/mol. The van der Waals surface area contributed by atoms with E-state index in [1.54, 1.807) is 0 Å². The molecule has 12 nitrogen and oxygen atoms in total. The zero-order chi connectivity index (χ0) is 21.9. The van der Waals surface area contributed by atoms with Crippen LogP contribution in [0.4, 0.5) is 0 Å². The van der Waals surface area contributed by atoms with Crippen LogP contribution < -0.4 is 30.8 Å². The molecule has 3 rings (SSSR count). The van der Waals surface area contributed by atoms with Crippen LogP contribution in [0.3, 0.4) is 0 Å². The predicted octanol–water partition coefficient (Wildman–Crippen LogP) is -3.74. The summed E-state index contributed by atoms with van der Waals surface area (Å²) in [5, 5.41) is 32.2. The molecule has 0 aliphatic heterocycles. The summed E-state index contributed by atoms with van der Waals surface area (Å²) in [6, 6.07) is 8.57. The lowest BCUT2D eigenvalue weighted by Gasteiger charge is -2.04. The molecule has 0 aliphatic rings. The predicted molar refractivity (Wildman–Crippen MR) is 111 cm³/mol. The number of rotatable bonds is 6. The largest absolute Gasteiger partial charge is 0.339 e. The van der Waals surface area contributed by atoms with Gasteiger partial charge >= 0.3 is 0 Å². The molecular weight excluding hydrogens is 384 g/mol. The Morgan fingerprint density at radius 1 is 0.733 bits per heavy atom. The van der Waals surface area contributed by atoms with E-state index in [2.05, 4.69) is 114 Å². The van der Waals surface area contributed by atoms with Crippen LogP contribution in [0.2, 0.25) is 0 Å². The van der Waals surface area contributed by atoms with Gasteiger partial charge in [0.1, 0.15) is 0 Å². The summed E-state index contributed by atoms with van der Waals surface area (Å²) in [6.07, 6.45) is 2.56. The molecule has 3 aromatic rings. The molecule has 0 amide bonds. The topological polar surface area (TPSA) is 158 Å². The van der Waals surface area contributed by atoms with Gasteiger partial charge in [0.25, 0.3) is 11.7 Å². The van der Waals surface area contributed by atoms with Crippen LogP contribution in [0.5, 0.6) is 0 Å². The average molecular weight is 415 g/mol. The molecule has 0 radical (unpaired) electrons. The zero-order valence-corrected chi connectivity index (χ0v) is 17.9. The summed E-state index contributed by atoms with van der Waals surface area (Å²) in [5.41, 5.74) is 2.37. The quantitative estimate of drug-likeness (QED) is 0.233. The van der Waals surface area contributed by atoms with Crippen molar-refractivity contribution in [2.24, 2.45) is 0 Å². The number of nitrogens with one attached hydrogen (secondary N) is 4. The maximum Gasteiger partial charge on any atom is 0.274 e. The van der Waals surface area contributed by atoms with Crippen molar-refractivity contribution in [2.75, 3.05) is 26.2 Å². The Balaban J connectivity index is 0.000000360. The van der Waals surface area contributed by atoms with Gasteiger partial charge < -0.3 is 10.2 Å². The second kappa shape index (κ2) is 16.3. The van der Waals surface area contributed by atoms with E-state index in [1.165, 1.54) is 23.8 Å². The third-order valence-electron chi connectivity index (χ3n) is 3.37. The fourth-order valence-electron chi connectivity index (χ4n) is 2.27. The maximum absolute atomic E-state index is 3.37. The first-order valence-electron chi connectivity index (χ1n) is 9.80. The highest BCUT2D eigenvalue weighted by Gasteiger charge is 2.11. The Bertz CT molecular complexity index is 691. The van der Waals surface area contributed by atoms with Crippen LogP contribution in [0.15, 0.2) is 36.9 Å². The first kappa shape index (κ1) is 24.3. The highest BCUT2D eigenvalue weighted by Crippen LogP contribution is 2.02. The van der Waals surface area contributed by atoms with E-state index in [1.807, 2.05) is 0 Å². The van der Waals surface area contributed by atoms with Crippen LogP contribution in [0.25, 0.3) is 0 Å². The molecule has 0 bridgehead atoms. The fourth-order valence-corrected chi connectivity index (χ4v) is 2.27. The lowest BCUT2D eigenvalue weighted by Crippen LogP contribution is -2.76.